The molecule has 1 amide bonds. The normalized spacial score (nSPS) is 11.8. The summed E-state index contributed by atoms with van der Waals surface area (Å²) in [6.45, 7) is 5.98. The minimum Gasteiger partial charge on any atom is -0.490 e. The zero-order valence-electron chi connectivity index (χ0n) is 18.2. The maximum atomic E-state index is 13.2. The number of fused-ring (bicyclic) bond motifs is 1. The van der Waals surface area contributed by atoms with Crippen LogP contribution < -0.4 is 18.9 Å². The molecule has 0 bridgehead atoms. The molecule has 0 unspecified atom stereocenters. The molecule has 0 spiro atoms. The first kappa shape index (κ1) is 21.5. The van der Waals surface area contributed by atoms with Crippen LogP contribution in [-0.2, 0) is 13.2 Å². The number of nitrogens with zero attached hydrogens (tertiary/aromatic N) is 2. The van der Waals surface area contributed by atoms with Gasteiger partial charge in [0.15, 0.2) is 23.0 Å². The Balaban J connectivity index is 1.49. The van der Waals surface area contributed by atoms with Gasteiger partial charge in [-0.1, -0.05) is 6.07 Å². The third-order valence-electron chi connectivity index (χ3n) is 5.11. The highest BCUT2D eigenvalue weighted by Gasteiger charge is 2.19. The number of hydrogen-bond acceptors (Lipinski definition) is 6. The number of pyridine rings is 1. The number of carbonyl (C=O) groups excluding carboxylic acids is 1. The summed E-state index contributed by atoms with van der Waals surface area (Å²) < 4.78 is 22.5. The van der Waals surface area contributed by atoms with Crippen LogP contribution in [0.1, 0.15) is 35.3 Å². The number of rotatable bonds is 9. The van der Waals surface area contributed by atoms with Gasteiger partial charge >= 0.3 is 0 Å². The lowest BCUT2D eigenvalue weighted by molar-refractivity contribution is 0.0752. The van der Waals surface area contributed by atoms with E-state index in [2.05, 4.69) is 4.98 Å². The lowest BCUT2D eigenvalue weighted by Gasteiger charge is -2.22. The molecule has 0 aliphatic carbocycles. The minimum absolute atomic E-state index is 0.0770. The van der Waals surface area contributed by atoms with Gasteiger partial charge in [-0.3, -0.25) is 9.78 Å². The fourth-order valence-electron chi connectivity index (χ4n) is 3.44. The Kier molecular flexibility index (Phi) is 6.75. The van der Waals surface area contributed by atoms with Crippen LogP contribution in [0.5, 0.6) is 23.0 Å². The first-order chi connectivity index (χ1) is 15.7. The molecule has 32 heavy (non-hydrogen) atoms. The highest BCUT2D eigenvalue weighted by atomic mass is 16.7. The van der Waals surface area contributed by atoms with Gasteiger partial charge in [-0.2, -0.15) is 0 Å². The Bertz CT molecular complexity index is 1070. The molecule has 1 aliphatic rings. The van der Waals surface area contributed by atoms with Gasteiger partial charge in [0.1, 0.15) is 6.61 Å². The standard InChI is InChI=1S/C25H26N2O5/c1-3-27(15-19-5-7-22-23(13-19)32-17-31-22)25(28)20-6-8-21(24(14-20)29-4-2)30-16-18-9-11-26-12-10-18/h5-14H,3-4,15-17H2,1-2H3. The van der Waals surface area contributed by atoms with Gasteiger partial charge in [-0.25, -0.2) is 0 Å². The largest absolute Gasteiger partial charge is 0.490 e. The van der Waals surface area contributed by atoms with Crippen molar-refractivity contribution in [1.29, 1.82) is 0 Å². The van der Waals surface area contributed by atoms with Gasteiger partial charge in [-0.05, 0) is 67.4 Å². The second kappa shape index (κ2) is 10.0. The third-order valence-corrected chi connectivity index (χ3v) is 5.11. The highest BCUT2D eigenvalue weighted by Crippen LogP contribution is 2.33. The summed E-state index contributed by atoms with van der Waals surface area (Å²) in [6, 6.07) is 14.8. The Hall–Kier alpha value is -3.74. The Morgan fingerprint density at radius 1 is 0.938 bits per heavy atom. The van der Waals surface area contributed by atoms with Gasteiger partial charge in [-0.15, -0.1) is 0 Å². The van der Waals surface area contributed by atoms with E-state index in [4.69, 9.17) is 18.9 Å². The van der Waals surface area contributed by atoms with Gasteiger partial charge in [0.2, 0.25) is 6.79 Å². The van der Waals surface area contributed by atoms with Crippen molar-refractivity contribution in [2.75, 3.05) is 19.9 Å². The molecule has 166 valence electrons. The van der Waals surface area contributed by atoms with E-state index in [0.29, 0.717) is 49.1 Å². The van der Waals surface area contributed by atoms with Crippen LogP contribution in [0, 0.1) is 0 Å². The van der Waals surface area contributed by atoms with Gasteiger partial charge in [0, 0.05) is 31.0 Å². The van der Waals surface area contributed by atoms with Crippen LogP contribution in [0.25, 0.3) is 0 Å². The van der Waals surface area contributed by atoms with Crippen molar-refractivity contribution in [3.8, 4) is 23.0 Å². The van der Waals surface area contributed by atoms with E-state index >= 15 is 0 Å². The molecule has 0 saturated carbocycles. The van der Waals surface area contributed by atoms with Gasteiger partial charge in [0.25, 0.3) is 5.91 Å². The summed E-state index contributed by atoms with van der Waals surface area (Å²) in [7, 11) is 0. The van der Waals surface area contributed by atoms with E-state index in [9.17, 15) is 4.79 Å². The Morgan fingerprint density at radius 3 is 2.53 bits per heavy atom. The molecule has 0 saturated heterocycles. The molecule has 2 heterocycles. The Labute approximate surface area is 187 Å². The second-order valence-electron chi connectivity index (χ2n) is 7.25. The fourth-order valence-corrected chi connectivity index (χ4v) is 3.44. The first-order valence-corrected chi connectivity index (χ1v) is 10.6. The van der Waals surface area contributed by atoms with Crippen LogP contribution in [0.3, 0.4) is 0 Å². The van der Waals surface area contributed by atoms with Crippen LogP contribution in [0.15, 0.2) is 60.9 Å². The predicted molar refractivity (Wildman–Crippen MR) is 119 cm³/mol. The van der Waals surface area contributed by atoms with Crippen molar-refractivity contribution < 1.29 is 23.7 Å². The molecule has 1 aromatic heterocycles. The fraction of sp³-hybridized carbons (Fsp3) is 0.280. The second-order valence-corrected chi connectivity index (χ2v) is 7.25. The van der Waals surface area contributed by atoms with E-state index < -0.39 is 0 Å². The van der Waals surface area contributed by atoms with Gasteiger partial charge in [0.05, 0.1) is 6.61 Å². The molecule has 7 heteroatoms. The molecule has 0 radical (unpaired) electrons. The summed E-state index contributed by atoms with van der Waals surface area (Å²) in [5, 5.41) is 0. The molecule has 2 aromatic carbocycles. The van der Waals surface area contributed by atoms with Crippen molar-refractivity contribution in [1.82, 2.24) is 9.88 Å². The Morgan fingerprint density at radius 2 is 1.75 bits per heavy atom. The summed E-state index contributed by atoms with van der Waals surface area (Å²) >= 11 is 0. The summed E-state index contributed by atoms with van der Waals surface area (Å²) in [5.74, 6) is 2.50. The van der Waals surface area contributed by atoms with Crippen molar-refractivity contribution in [2.24, 2.45) is 0 Å². The molecule has 3 aromatic rings. The lowest BCUT2D eigenvalue weighted by atomic mass is 10.1. The molecule has 7 nitrogen and oxygen atoms in total. The maximum Gasteiger partial charge on any atom is 0.254 e. The van der Waals surface area contributed by atoms with E-state index in [1.54, 1.807) is 35.5 Å². The molecule has 4 rings (SSSR count). The maximum absolute atomic E-state index is 13.2. The number of benzene rings is 2. The number of amides is 1. The predicted octanol–water partition coefficient (Wildman–Crippen LogP) is 4.45. The SMILES string of the molecule is CCOc1cc(C(=O)N(CC)Cc2ccc3c(c2)OCO3)ccc1OCc1ccncc1. The topological polar surface area (TPSA) is 70.1 Å². The average Bonchev–Trinajstić information content (AvgIpc) is 3.30. The molecule has 0 N–H and O–H groups in total. The van der Waals surface area contributed by atoms with Crippen molar-refractivity contribution in [3.63, 3.8) is 0 Å². The zero-order valence-corrected chi connectivity index (χ0v) is 18.2. The summed E-state index contributed by atoms with van der Waals surface area (Å²) in [5.41, 5.74) is 2.53. The van der Waals surface area contributed by atoms with E-state index in [1.807, 2.05) is 44.2 Å². The van der Waals surface area contributed by atoms with E-state index in [-0.39, 0.29) is 12.7 Å². The van der Waals surface area contributed by atoms with Gasteiger partial charge < -0.3 is 23.8 Å². The first-order valence-electron chi connectivity index (χ1n) is 10.6. The molecule has 1 aliphatic heterocycles. The highest BCUT2D eigenvalue weighted by molar-refractivity contribution is 5.95. The monoisotopic (exact) mass is 434 g/mol. The van der Waals surface area contributed by atoms with Crippen LogP contribution >= 0.6 is 0 Å². The van der Waals surface area contributed by atoms with E-state index in [1.165, 1.54) is 0 Å². The smallest absolute Gasteiger partial charge is 0.254 e. The zero-order chi connectivity index (χ0) is 22.3. The molecule has 0 fully saturated rings. The van der Waals surface area contributed by atoms with Crippen LogP contribution in [0.4, 0.5) is 0 Å². The third kappa shape index (κ3) is 4.94. The average molecular weight is 434 g/mol. The number of hydrogen-bond donors (Lipinski definition) is 0. The molecule has 0 atom stereocenters. The quantitative estimate of drug-likeness (QED) is 0.496. The van der Waals surface area contributed by atoms with Crippen LogP contribution in [0.2, 0.25) is 0 Å². The van der Waals surface area contributed by atoms with Crippen LogP contribution in [-0.4, -0.2) is 35.7 Å². The summed E-state index contributed by atoms with van der Waals surface area (Å²) in [4.78, 5) is 19.0. The van der Waals surface area contributed by atoms with Crippen molar-refractivity contribution in [2.45, 2.75) is 27.0 Å². The number of ether oxygens (including phenoxy) is 4. The lowest BCUT2D eigenvalue weighted by Crippen LogP contribution is -2.30. The van der Waals surface area contributed by atoms with E-state index in [0.717, 1.165) is 16.9 Å². The number of aromatic nitrogens is 1. The molecular formula is C25H26N2O5. The number of carbonyl (C=O) groups is 1. The summed E-state index contributed by atoms with van der Waals surface area (Å²) in [6.07, 6.45) is 3.45. The molecular weight excluding hydrogens is 408 g/mol. The van der Waals surface area contributed by atoms with Crippen molar-refractivity contribution >= 4 is 5.91 Å². The van der Waals surface area contributed by atoms with Crippen molar-refractivity contribution in [3.05, 3.63) is 77.6 Å². The minimum atomic E-state index is -0.0770.